The van der Waals surface area contributed by atoms with Gasteiger partial charge in [0, 0.05) is 18.1 Å². The molecule has 0 amide bonds. The van der Waals surface area contributed by atoms with Crippen LogP contribution < -0.4 is 4.57 Å². The number of aliphatic hydroxyl groups is 1. The van der Waals surface area contributed by atoms with Gasteiger partial charge in [-0.15, -0.1) is 0 Å². The number of nitrogens with zero attached hydrogens (tertiary/aromatic N) is 1. The molecule has 0 spiro atoms. The van der Waals surface area contributed by atoms with Crippen LogP contribution in [0.3, 0.4) is 0 Å². The van der Waals surface area contributed by atoms with E-state index in [4.69, 9.17) is 8.83 Å². The van der Waals surface area contributed by atoms with Gasteiger partial charge in [0.1, 0.15) is 18.1 Å². The zero-order valence-electron chi connectivity index (χ0n) is 13.3. The first-order valence-corrected chi connectivity index (χ1v) is 7.87. The monoisotopic (exact) mass is 338 g/mol. The fraction of sp³-hybridized carbons (Fsp3) is 0.158. The number of Topliss-reactive ketones (excluding diaryl/α,β-unsaturated/α-hetero) is 1. The van der Waals surface area contributed by atoms with Crippen molar-refractivity contribution in [2.45, 2.75) is 12.5 Å². The fourth-order valence-electron chi connectivity index (χ4n) is 3.10. The Morgan fingerprint density at radius 3 is 2.68 bits per heavy atom. The lowest BCUT2D eigenvalue weighted by Gasteiger charge is -2.05. The molecule has 0 radical (unpaired) electrons. The van der Waals surface area contributed by atoms with Gasteiger partial charge in [-0.1, -0.05) is 0 Å². The zero-order valence-corrected chi connectivity index (χ0v) is 13.3. The van der Waals surface area contributed by atoms with Gasteiger partial charge in [0.05, 0.1) is 18.1 Å². The second kappa shape index (κ2) is 6.07. The first kappa shape index (κ1) is 15.4. The number of fused-ring (bicyclic) bond motifs is 1. The van der Waals surface area contributed by atoms with Gasteiger partial charge in [-0.2, -0.15) is 4.57 Å². The Balaban J connectivity index is 1.76. The molecule has 25 heavy (non-hydrogen) atoms. The number of hydrogen-bond donors (Lipinski definition) is 2. The summed E-state index contributed by atoms with van der Waals surface area (Å²) in [5.41, 5.74) is 1.42. The molecule has 1 unspecified atom stereocenters. The van der Waals surface area contributed by atoms with E-state index in [1.807, 2.05) is 0 Å². The fourth-order valence-corrected chi connectivity index (χ4v) is 3.10. The lowest BCUT2D eigenvalue weighted by atomic mass is 10.0. The van der Waals surface area contributed by atoms with Crippen LogP contribution in [0.25, 0.3) is 6.08 Å². The first-order valence-electron chi connectivity index (χ1n) is 7.87. The topological polar surface area (TPSA) is 87.7 Å². The van der Waals surface area contributed by atoms with Gasteiger partial charge in [-0.05, 0) is 30.3 Å². The molecular weight excluding hydrogens is 322 g/mol. The number of aromatic hydroxyl groups is 1. The quantitative estimate of drug-likeness (QED) is 0.563. The van der Waals surface area contributed by atoms with Crippen molar-refractivity contribution in [1.29, 1.82) is 0 Å². The van der Waals surface area contributed by atoms with Crippen LogP contribution in [0.15, 0.2) is 63.5 Å². The molecule has 6 nitrogen and oxygen atoms in total. The number of hydrogen-bond acceptors (Lipinski definition) is 5. The molecule has 4 rings (SSSR count). The second-order valence-electron chi connectivity index (χ2n) is 5.88. The molecule has 1 atom stereocenters. The summed E-state index contributed by atoms with van der Waals surface area (Å²) < 4.78 is 12.2. The molecule has 0 fully saturated rings. The lowest BCUT2D eigenvalue weighted by molar-refractivity contribution is -0.710. The SMILES string of the molecule is O=C1/C(=C\c2ccco2)C(CO)[n+]2cc(O)c(Cc3ccco3)cc21. The third-order valence-electron chi connectivity index (χ3n) is 4.33. The Kier molecular flexibility index (Phi) is 3.74. The van der Waals surface area contributed by atoms with E-state index in [0.717, 1.165) is 0 Å². The molecule has 0 aliphatic carbocycles. The van der Waals surface area contributed by atoms with Gasteiger partial charge in [0.25, 0.3) is 11.5 Å². The van der Waals surface area contributed by atoms with E-state index in [2.05, 4.69) is 0 Å². The molecule has 4 heterocycles. The van der Waals surface area contributed by atoms with Gasteiger partial charge >= 0.3 is 0 Å². The highest BCUT2D eigenvalue weighted by molar-refractivity contribution is 6.11. The van der Waals surface area contributed by atoms with Crippen molar-refractivity contribution in [3.05, 3.63) is 77.4 Å². The molecular formula is C19H16NO5+. The highest BCUT2D eigenvalue weighted by Crippen LogP contribution is 2.30. The van der Waals surface area contributed by atoms with Crippen LogP contribution in [0, 0.1) is 0 Å². The Morgan fingerprint density at radius 2 is 2.00 bits per heavy atom. The molecule has 3 aromatic rings. The molecule has 0 saturated carbocycles. The van der Waals surface area contributed by atoms with Gasteiger partial charge in [-0.25, -0.2) is 0 Å². The van der Waals surface area contributed by atoms with Crippen LogP contribution in [0.1, 0.15) is 33.6 Å². The van der Waals surface area contributed by atoms with Gasteiger partial charge < -0.3 is 19.0 Å². The molecule has 126 valence electrons. The van der Waals surface area contributed by atoms with Gasteiger partial charge in [0.15, 0.2) is 5.75 Å². The van der Waals surface area contributed by atoms with E-state index in [1.54, 1.807) is 47.2 Å². The predicted molar refractivity (Wildman–Crippen MR) is 87.0 cm³/mol. The zero-order chi connectivity index (χ0) is 17.4. The van der Waals surface area contributed by atoms with Crippen molar-refractivity contribution >= 4 is 11.9 Å². The average Bonchev–Trinajstić information content (AvgIpc) is 3.33. The van der Waals surface area contributed by atoms with Crippen molar-refractivity contribution in [2.75, 3.05) is 6.61 Å². The van der Waals surface area contributed by atoms with E-state index in [0.29, 0.717) is 34.8 Å². The van der Waals surface area contributed by atoms with Gasteiger partial charge in [0.2, 0.25) is 12.2 Å². The number of furan rings is 2. The van der Waals surface area contributed by atoms with E-state index in [-0.39, 0.29) is 18.1 Å². The third kappa shape index (κ3) is 2.66. The average molecular weight is 338 g/mol. The molecule has 2 N–H and O–H groups in total. The number of rotatable bonds is 4. The molecule has 1 aliphatic heterocycles. The summed E-state index contributed by atoms with van der Waals surface area (Å²) in [6, 6.07) is 8.13. The molecule has 1 aliphatic rings. The van der Waals surface area contributed by atoms with Crippen LogP contribution >= 0.6 is 0 Å². The highest BCUT2D eigenvalue weighted by Gasteiger charge is 2.43. The summed E-state index contributed by atoms with van der Waals surface area (Å²) in [7, 11) is 0. The molecule has 0 bridgehead atoms. The Bertz CT molecular complexity index is 939. The highest BCUT2D eigenvalue weighted by atomic mass is 16.3. The maximum Gasteiger partial charge on any atom is 0.259 e. The number of aromatic nitrogens is 1. The van der Waals surface area contributed by atoms with Crippen LogP contribution in [-0.4, -0.2) is 22.6 Å². The Morgan fingerprint density at radius 1 is 1.20 bits per heavy atom. The van der Waals surface area contributed by atoms with Crippen molar-refractivity contribution in [1.82, 2.24) is 0 Å². The number of aliphatic hydroxyl groups excluding tert-OH is 1. The first-order chi connectivity index (χ1) is 12.2. The summed E-state index contributed by atoms with van der Waals surface area (Å²) in [5, 5.41) is 20.1. The summed E-state index contributed by atoms with van der Waals surface area (Å²) in [5.74, 6) is 1.08. The van der Waals surface area contributed by atoms with E-state index in [1.165, 1.54) is 12.5 Å². The van der Waals surface area contributed by atoms with E-state index in [9.17, 15) is 15.0 Å². The van der Waals surface area contributed by atoms with Crippen LogP contribution in [0.4, 0.5) is 0 Å². The predicted octanol–water partition coefficient (Wildman–Crippen LogP) is 2.27. The van der Waals surface area contributed by atoms with Crippen LogP contribution in [-0.2, 0) is 6.42 Å². The summed E-state index contributed by atoms with van der Waals surface area (Å²) in [4.78, 5) is 12.8. The second-order valence-corrected chi connectivity index (χ2v) is 5.88. The lowest BCUT2D eigenvalue weighted by Crippen LogP contribution is -2.40. The Hall–Kier alpha value is -3.12. The molecule has 0 saturated heterocycles. The maximum absolute atomic E-state index is 12.8. The minimum absolute atomic E-state index is 0.0469. The molecule has 3 aromatic heterocycles. The number of carbonyl (C=O) groups excluding carboxylic acids is 1. The van der Waals surface area contributed by atoms with E-state index < -0.39 is 6.04 Å². The largest absolute Gasteiger partial charge is 0.503 e. The Labute approximate surface area is 143 Å². The number of carbonyl (C=O) groups is 1. The summed E-state index contributed by atoms with van der Waals surface area (Å²) in [6.45, 7) is -0.257. The number of pyridine rings is 1. The van der Waals surface area contributed by atoms with Crippen molar-refractivity contribution in [2.24, 2.45) is 0 Å². The summed E-state index contributed by atoms with van der Waals surface area (Å²) >= 11 is 0. The smallest absolute Gasteiger partial charge is 0.259 e. The summed E-state index contributed by atoms with van der Waals surface area (Å²) in [6.07, 6.45) is 6.56. The normalized spacial score (nSPS) is 18.0. The maximum atomic E-state index is 12.8. The number of ketones is 1. The molecule has 0 aromatic carbocycles. The van der Waals surface area contributed by atoms with Crippen molar-refractivity contribution in [3.63, 3.8) is 0 Å². The van der Waals surface area contributed by atoms with Crippen LogP contribution in [0.2, 0.25) is 0 Å². The minimum atomic E-state index is -0.559. The standard InChI is InChI=1S/C19H15NO5/c21-11-17-15(9-14-4-2-6-25-14)19(23)16-8-12(18(22)10-20(16)17)7-13-3-1-5-24-13/h1-6,8-10,17,21H,7,11H2/p+1/b15-9-. The molecule has 6 heteroatoms. The van der Waals surface area contributed by atoms with Crippen LogP contribution in [0.5, 0.6) is 5.75 Å². The van der Waals surface area contributed by atoms with Crippen molar-refractivity contribution < 1.29 is 28.4 Å². The van der Waals surface area contributed by atoms with Crippen molar-refractivity contribution in [3.8, 4) is 5.75 Å². The van der Waals surface area contributed by atoms with E-state index >= 15 is 0 Å². The third-order valence-corrected chi connectivity index (χ3v) is 4.33. The minimum Gasteiger partial charge on any atom is -0.503 e. The van der Waals surface area contributed by atoms with Gasteiger partial charge in [-0.3, -0.25) is 4.79 Å².